The lowest BCUT2D eigenvalue weighted by Gasteiger charge is -2.19. The van der Waals surface area contributed by atoms with E-state index in [0.717, 1.165) is 31.9 Å². The van der Waals surface area contributed by atoms with Crippen molar-refractivity contribution in [1.29, 1.82) is 0 Å². The molecule has 20 heavy (non-hydrogen) atoms. The van der Waals surface area contributed by atoms with Crippen molar-refractivity contribution in [3.05, 3.63) is 57.8 Å². The molecule has 0 aliphatic rings. The second kappa shape index (κ2) is 7.50. The molecule has 0 spiro atoms. The average Bonchev–Trinajstić information content (AvgIpc) is 2.93. The molecule has 2 aromatic rings. The number of benzene rings is 1. The summed E-state index contributed by atoms with van der Waals surface area (Å²) in [5.41, 5.74) is 1.82. The summed E-state index contributed by atoms with van der Waals surface area (Å²) in [6.07, 6.45) is 2.68. The van der Waals surface area contributed by atoms with Gasteiger partial charge in [0.1, 0.15) is 11.6 Å². The minimum Gasteiger partial charge on any atom is -0.310 e. The van der Waals surface area contributed by atoms with Gasteiger partial charge in [0, 0.05) is 17.7 Å². The van der Waals surface area contributed by atoms with E-state index in [1.54, 1.807) is 17.4 Å². The monoisotopic (exact) mass is 295 g/mol. The van der Waals surface area contributed by atoms with Gasteiger partial charge in [-0.2, -0.15) is 11.3 Å². The van der Waals surface area contributed by atoms with Crippen LogP contribution in [0.4, 0.5) is 8.78 Å². The van der Waals surface area contributed by atoms with E-state index in [9.17, 15) is 8.78 Å². The molecular weight excluding hydrogens is 276 g/mol. The molecule has 0 saturated carbocycles. The number of aryl methyl sites for hydroxylation is 1. The van der Waals surface area contributed by atoms with Crippen LogP contribution in [0.2, 0.25) is 0 Å². The summed E-state index contributed by atoms with van der Waals surface area (Å²) in [5.74, 6) is -0.998. The second-order valence-corrected chi connectivity index (χ2v) is 5.62. The standard InChI is InChI=1S/C16H19F2NS/c1-2-8-19-16(6-3-12-7-9-20-11-12)14-5-4-13(17)10-15(14)18/h4-5,7,9-11,16,19H,2-3,6,8H2,1H3. The molecule has 4 heteroatoms. The van der Waals surface area contributed by atoms with Crippen molar-refractivity contribution in [1.82, 2.24) is 5.32 Å². The average molecular weight is 295 g/mol. The van der Waals surface area contributed by atoms with Crippen LogP contribution in [0.15, 0.2) is 35.0 Å². The summed E-state index contributed by atoms with van der Waals surface area (Å²) in [5, 5.41) is 7.50. The third-order valence-corrected chi connectivity index (χ3v) is 4.01. The first-order valence-corrected chi connectivity index (χ1v) is 7.84. The van der Waals surface area contributed by atoms with Gasteiger partial charge in [0.25, 0.3) is 0 Å². The SMILES string of the molecule is CCCNC(CCc1ccsc1)c1ccc(F)cc1F. The fourth-order valence-corrected chi connectivity index (χ4v) is 2.92. The molecule has 1 nitrogen and oxygen atoms in total. The molecule has 108 valence electrons. The highest BCUT2D eigenvalue weighted by atomic mass is 32.1. The van der Waals surface area contributed by atoms with Crippen molar-refractivity contribution >= 4 is 11.3 Å². The van der Waals surface area contributed by atoms with Crippen molar-refractivity contribution < 1.29 is 8.78 Å². The minimum atomic E-state index is -0.529. The molecule has 0 radical (unpaired) electrons. The lowest BCUT2D eigenvalue weighted by atomic mass is 9.99. The van der Waals surface area contributed by atoms with E-state index >= 15 is 0 Å². The maximum atomic E-state index is 13.9. The van der Waals surface area contributed by atoms with Crippen LogP contribution >= 0.6 is 11.3 Å². The van der Waals surface area contributed by atoms with Gasteiger partial charge in [-0.3, -0.25) is 0 Å². The number of hydrogen-bond acceptors (Lipinski definition) is 2. The Kier molecular flexibility index (Phi) is 5.68. The Bertz CT molecular complexity index is 525. The maximum absolute atomic E-state index is 13.9. The van der Waals surface area contributed by atoms with Crippen LogP contribution in [-0.2, 0) is 6.42 Å². The maximum Gasteiger partial charge on any atom is 0.130 e. The fraction of sp³-hybridized carbons (Fsp3) is 0.375. The van der Waals surface area contributed by atoms with E-state index in [2.05, 4.69) is 23.7 Å². The highest BCUT2D eigenvalue weighted by molar-refractivity contribution is 7.07. The van der Waals surface area contributed by atoms with Crippen molar-refractivity contribution in [2.24, 2.45) is 0 Å². The van der Waals surface area contributed by atoms with Crippen molar-refractivity contribution in [3.63, 3.8) is 0 Å². The van der Waals surface area contributed by atoms with Gasteiger partial charge in [0.15, 0.2) is 0 Å². The Morgan fingerprint density at radius 1 is 1.25 bits per heavy atom. The van der Waals surface area contributed by atoms with E-state index in [1.165, 1.54) is 11.6 Å². The molecule has 1 unspecified atom stereocenters. The molecule has 0 aliphatic carbocycles. The van der Waals surface area contributed by atoms with Gasteiger partial charge in [-0.25, -0.2) is 8.78 Å². The lowest BCUT2D eigenvalue weighted by Crippen LogP contribution is -2.23. The molecule has 0 fully saturated rings. The zero-order valence-corrected chi connectivity index (χ0v) is 12.4. The van der Waals surface area contributed by atoms with Crippen LogP contribution in [0.25, 0.3) is 0 Å². The van der Waals surface area contributed by atoms with Gasteiger partial charge in [-0.1, -0.05) is 13.0 Å². The number of rotatable bonds is 7. The van der Waals surface area contributed by atoms with Gasteiger partial charge >= 0.3 is 0 Å². The Balaban J connectivity index is 2.09. The predicted octanol–water partition coefficient (Wildman–Crippen LogP) is 4.70. The van der Waals surface area contributed by atoms with Gasteiger partial charge in [0.05, 0.1) is 0 Å². The third-order valence-electron chi connectivity index (χ3n) is 3.28. The largest absolute Gasteiger partial charge is 0.310 e. The van der Waals surface area contributed by atoms with Crippen LogP contribution in [0.1, 0.15) is 36.9 Å². The van der Waals surface area contributed by atoms with Crippen LogP contribution in [0.5, 0.6) is 0 Å². The van der Waals surface area contributed by atoms with E-state index in [-0.39, 0.29) is 6.04 Å². The number of nitrogens with one attached hydrogen (secondary N) is 1. The van der Waals surface area contributed by atoms with E-state index in [1.807, 2.05) is 5.38 Å². The first-order chi connectivity index (χ1) is 9.70. The first kappa shape index (κ1) is 15.1. The number of halogens is 2. The quantitative estimate of drug-likeness (QED) is 0.780. The fourth-order valence-electron chi connectivity index (χ4n) is 2.22. The normalized spacial score (nSPS) is 12.6. The van der Waals surface area contributed by atoms with Gasteiger partial charge in [0.2, 0.25) is 0 Å². The Labute approximate surface area is 122 Å². The second-order valence-electron chi connectivity index (χ2n) is 4.84. The highest BCUT2D eigenvalue weighted by Crippen LogP contribution is 2.23. The molecule has 0 bridgehead atoms. The summed E-state index contributed by atoms with van der Waals surface area (Å²) >= 11 is 1.67. The highest BCUT2D eigenvalue weighted by Gasteiger charge is 2.15. The van der Waals surface area contributed by atoms with Gasteiger partial charge < -0.3 is 5.32 Å². The Morgan fingerprint density at radius 2 is 2.10 bits per heavy atom. The zero-order chi connectivity index (χ0) is 14.4. The predicted molar refractivity (Wildman–Crippen MR) is 80.0 cm³/mol. The van der Waals surface area contributed by atoms with Crippen LogP contribution < -0.4 is 5.32 Å². The molecule has 0 saturated heterocycles. The minimum absolute atomic E-state index is 0.0737. The molecular formula is C16H19F2NS. The van der Waals surface area contributed by atoms with Crippen molar-refractivity contribution in [2.75, 3.05) is 6.54 Å². The lowest BCUT2D eigenvalue weighted by molar-refractivity contribution is 0.470. The molecule has 1 N–H and O–H groups in total. The smallest absolute Gasteiger partial charge is 0.130 e. The molecule has 0 aliphatic heterocycles. The van der Waals surface area contributed by atoms with Crippen LogP contribution in [0, 0.1) is 11.6 Å². The molecule has 1 atom stereocenters. The Morgan fingerprint density at radius 3 is 2.75 bits per heavy atom. The summed E-state index contributed by atoms with van der Waals surface area (Å²) < 4.78 is 26.9. The molecule has 0 amide bonds. The van der Waals surface area contributed by atoms with Crippen molar-refractivity contribution in [2.45, 2.75) is 32.2 Å². The summed E-state index contributed by atoms with van der Waals surface area (Å²) in [6.45, 7) is 2.90. The summed E-state index contributed by atoms with van der Waals surface area (Å²) in [6, 6.07) is 5.84. The summed E-state index contributed by atoms with van der Waals surface area (Å²) in [4.78, 5) is 0. The van der Waals surface area contributed by atoms with E-state index in [4.69, 9.17) is 0 Å². The van der Waals surface area contributed by atoms with E-state index < -0.39 is 11.6 Å². The van der Waals surface area contributed by atoms with Gasteiger partial charge in [-0.15, -0.1) is 0 Å². The van der Waals surface area contributed by atoms with Crippen LogP contribution in [-0.4, -0.2) is 6.54 Å². The van der Waals surface area contributed by atoms with E-state index in [0.29, 0.717) is 5.56 Å². The molecule has 1 aromatic heterocycles. The topological polar surface area (TPSA) is 12.0 Å². The zero-order valence-electron chi connectivity index (χ0n) is 11.5. The number of hydrogen-bond donors (Lipinski definition) is 1. The first-order valence-electron chi connectivity index (χ1n) is 6.90. The molecule has 1 aromatic carbocycles. The number of thiophene rings is 1. The molecule has 1 heterocycles. The van der Waals surface area contributed by atoms with Crippen LogP contribution in [0.3, 0.4) is 0 Å². The summed E-state index contributed by atoms with van der Waals surface area (Å²) in [7, 11) is 0. The Hall–Kier alpha value is -1.26. The molecule has 2 rings (SSSR count). The third kappa shape index (κ3) is 4.12. The van der Waals surface area contributed by atoms with Gasteiger partial charge in [-0.05, 0) is 54.3 Å². The van der Waals surface area contributed by atoms with Crippen molar-refractivity contribution in [3.8, 4) is 0 Å².